The Hall–Kier alpha value is 0.730. The molecule has 0 aliphatic heterocycles. The Morgan fingerprint density at radius 3 is 1.50 bits per heavy atom. The van der Waals surface area contributed by atoms with E-state index >= 15 is 0 Å². The van der Waals surface area contributed by atoms with Gasteiger partial charge in [0.25, 0.3) is 0 Å². The third kappa shape index (κ3) is 4.88. The molecule has 0 bridgehead atoms. The van der Waals surface area contributed by atoms with Crippen molar-refractivity contribution >= 4 is 43.7 Å². The molecule has 0 aromatic carbocycles. The predicted octanol–water partition coefficient (Wildman–Crippen LogP) is 0.736. The normalized spacial score (nSPS) is 9.88. The average molecular weight is 142 g/mol. The van der Waals surface area contributed by atoms with Gasteiger partial charge in [-0.05, 0) is 20.8 Å². The van der Waals surface area contributed by atoms with Gasteiger partial charge in [-0.15, -0.1) is 0 Å². The molecule has 0 fully saturated rings. The van der Waals surface area contributed by atoms with Crippen LogP contribution in [0.25, 0.3) is 0 Å². The molecule has 0 aromatic heterocycles. The summed E-state index contributed by atoms with van der Waals surface area (Å²) in [6, 6.07) is 0. The van der Waals surface area contributed by atoms with Gasteiger partial charge in [-0.1, -0.05) is 0 Å². The van der Waals surface area contributed by atoms with Crippen molar-refractivity contribution in [2.24, 2.45) is 5.41 Å². The number of rotatable bonds is 0. The van der Waals surface area contributed by atoms with Gasteiger partial charge in [0, 0.05) is 37.7 Å². The van der Waals surface area contributed by atoms with Crippen molar-refractivity contribution in [2.45, 2.75) is 20.8 Å². The zero-order valence-electron chi connectivity index (χ0n) is 5.56. The van der Waals surface area contributed by atoms with E-state index < -0.39 is 11.4 Å². The van der Waals surface area contributed by atoms with Crippen molar-refractivity contribution in [3.63, 3.8) is 0 Å². The second kappa shape index (κ2) is 3.70. The molecule has 1 N–H and O–H groups in total. The summed E-state index contributed by atoms with van der Waals surface area (Å²) >= 11 is 0. The molecule has 0 atom stereocenters. The van der Waals surface area contributed by atoms with Crippen LogP contribution in [0.3, 0.4) is 0 Å². The number of aliphatic carboxylic acids is 1. The monoisotopic (exact) mass is 142 g/mol. The molecule has 0 heterocycles. The Morgan fingerprint density at radius 2 is 1.50 bits per heavy atom. The molecule has 0 aromatic rings. The van der Waals surface area contributed by atoms with Crippen LogP contribution in [0.1, 0.15) is 20.8 Å². The number of hydrogen-bond acceptors (Lipinski definition) is 1. The molecule has 3 heteroatoms. The van der Waals surface area contributed by atoms with E-state index in [0.717, 1.165) is 0 Å². The minimum Gasteiger partial charge on any atom is -0.481 e. The van der Waals surface area contributed by atoms with E-state index in [9.17, 15) is 4.79 Å². The summed E-state index contributed by atoms with van der Waals surface area (Å²) in [6.45, 7) is 4.99. The van der Waals surface area contributed by atoms with Gasteiger partial charge in [-0.3, -0.25) is 4.79 Å². The molecule has 0 aliphatic rings. The van der Waals surface area contributed by atoms with Gasteiger partial charge in [0.2, 0.25) is 0 Å². The summed E-state index contributed by atoms with van der Waals surface area (Å²) in [5.41, 5.74) is -0.583. The summed E-state index contributed by atoms with van der Waals surface area (Å²) in [5, 5.41) is 8.25. The Bertz CT molecular complexity index is 82.9. The van der Waals surface area contributed by atoms with Crippen LogP contribution in [0.15, 0.2) is 0 Å². The van der Waals surface area contributed by atoms with Crippen molar-refractivity contribution in [1.82, 2.24) is 0 Å². The van der Waals surface area contributed by atoms with E-state index in [1.54, 1.807) is 20.8 Å². The van der Waals surface area contributed by atoms with E-state index in [1.807, 2.05) is 0 Å². The van der Waals surface area contributed by atoms with Crippen LogP contribution < -0.4 is 0 Å². The summed E-state index contributed by atoms with van der Waals surface area (Å²) in [7, 11) is 0. The quantitative estimate of drug-likeness (QED) is 0.506. The maximum absolute atomic E-state index is 10.0. The Morgan fingerprint density at radius 1 is 1.38 bits per heavy atom. The van der Waals surface area contributed by atoms with Crippen LogP contribution >= 0.6 is 0 Å². The maximum atomic E-state index is 10.0. The Labute approximate surface area is 79.3 Å². The molecule has 0 saturated heterocycles. The summed E-state index contributed by atoms with van der Waals surface area (Å²) in [5.74, 6) is -0.757. The Balaban J connectivity index is 0. The molecule has 0 rings (SSSR count). The minimum atomic E-state index is -0.757. The molecular weight excluding hydrogens is 132 g/mol. The van der Waals surface area contributed by atoms with E-state index in [4.69, 9.17) is 5.11 Å². The molecule has 2 radical (unpaired) electrons. The molecule has 0 amide bonds. The molecular formula is C5H10CaO2. The fraction of sp³-hybridized carbons (Fsp3) is 0.800. The van der Waals surface area contributed by atoms with Gasteiger partial charge in [-0.2, -0.15) is 0 Å². The first-order valence-corrected chi connectivity index (χ1v) is 2.18. The first-order chi connectivity index (χ1) is 2.94. The third-order valence-corrected chi connectivity index (χ3v) is 0.642. The SMILES string of the molecule is CC(C)(C)C(=O)O.[Ca]. The van der Waals surface area contributed by atoms with Gasteiger partial charge >= 0.3 is 5.97 Å². The zero-order valence-corrected chi connectivity index (χ0v) is 7.77. The Kier molecular flexibility index (Phi) is 5.32. The molecule has 0 saturated carbocycles. The number of hydrogen-bond donors (Lipinski definition) is 1. The topological polar surface area (TPSA) is 37.3 Å². The summed E-state index contributed by atoms with van der Waals surface area (Å²) < 4.78 is 0. The van der Waals surface area contributed by atoms with Gasteiger partial charge in [0.05, 0.1) is 5.41 Å². The van der Waals surface area contributed by atoms with Gasteiger partial charge in [0.15, 0.2) is 0 Å². The summed E-state index contributed by atoms with van der Waals surface area (Å²) in [6.07, 6.45) is 0. The molecule has 44 valence electrons. The molecule has 0 aliphatic carbocycles. The third-order valence-electron chi connectivity index (χ3n) is 0.642. The smallest absolute Gasteiger partial charge is 0.308 e. The second-order valence-electron chi connectivity index (χ2n) is 2.56. The average Bonchev–Trinajstić information content (AvgIpc) is 1.31. The second-order valence-corrected chi connectivity index (χ2v) is 2.56. The number of carbonyl (C=O) groups is 1. The van der Waals surface area contributed by atoms with Crippen molar-refractivity contribution < 1.29 is 9.90 Å². The fourth-order valence-corrected chi connectivity index (χ4v) is 0. The first kappa shape index (κ1) is 11.5. The largest absolute Gasteiger partial charge is 0.481 e. The van der Waals surface area contributed by atoms with Crippen LogP contribution in [-0.4, -0.2) is 48.8 Å². The zero-order chi connectivity index (χ0) is 6.08. The molecule has 0 unspecified atom stereocenters. The van der Waals surface area contributed by atoms with Crippen LogP contribution in [-0.2, 0) is 4.79 Å². The van der Waals surface area contributed by atoms with E-state index in [0.29, 0.717) is 0 Å². The molecule has 2 nitrogen and oxygen atoms in total. The fourth-order valence-electron chi connectivity index (χ4n) is 0. The predicted molar refractivity (Wildman–Crippen MR) is 32.8 cm³/mol. The minimum absolute atomic E-state index is 0. The van der Waals surface area contributed by atoms with Crippen molar-refractivity contribution in [2.75, 3.05) is 0 Å². The van der Waals surface area contributed by atoms with Gasteiger partial charge < -0.3 is 5.11 Å². The van der Waals surface area contributed by atoms with Crippen LogP contribution in [0.2, 0.25) is 0 Å². The number of carboxylic acids is 1. The van der Waals surface area contributed by atoms with E-state index in [2.05, 4.69) is 0 Å². The van der Waals surface area contributed by atoms with Crippen molar-refractivity contribution in [3.05, 3.63) is 0 Å². The maximum Gasteiger partial charge on any atom is 0.308 e. The van der Waals surface area contributed by atoms with Crippen molar-refractivity contribution in [3.8, 4) is 0 Å². The first-order valence-electron chi connectivity index (χ1n) is 2.18. The summed E-state index contributed by atoms with van der Waals surface area (Å²) in [4.78, 5) is 10.0. The van der Waals surface area contributed by atoms with Crippen LogP contribution in [0.5, 0.6) is 0 Å². The molecule has 0 spiro atoms. The van der Waals surface area contributed by atoms with E-state index in [1.165, 1.54) is 0 Å². The van der Waals surface area contributed by atoms with Gasteiger partial charge in [-0.25, -0.2) is 0 Å². The number of carboxylic acid groups (broad SMARTS) is 1. The standard InChI is InChI=1S/C5H10O2.Ca/c1-5(2,3)4(6)7;/h1-3H3,(H,6,7);. The van der Waals surface area contributed by atoms with Crippen LogP contribution in [0, 0.1) is 5.41 Å². The van der Waals surface area contributed by atoms with Gasteiger partial charge in [0.1, 0.15) is 0 Å². The van der Waals surface area contributed by atoms with E-state index in [-0.39, 0.29) is 37.7 Å². The van der Waals surface area contributed by atoms with Crippen molar-refractivity contribution in [1.29, 1.82) is 0 Å². The van der Waals surface area contributed by atoms with Crippen LogP contribution in [0.4, 0.5) is 0 Å². The molecule has 8 heavy (non-hydrogen) atoms.